The van der Waals surface area contributed by atoms with E-state index in [4.69, 9.17) is 9.47 Å². The van der Waals surface area contributed by atoms with E-state index in [0.717, 1.165) is 17.7 Å². The molecule has 2 N–H and O–H groups in total. The van der Waals surface area contributed by atoms with Crippen molar-refractivity contribution in [1.82, 2.24) is 10.6 Å². The van der Waals surface area contributed by atoms with E-state index in [1.165, 1.54) is 0 Å². The van der Waals surface area contributed by atoms with E-state index >= 15 is 0 Å². The Morgan fingerprint density at radius 1 is 1.12 bits per heavy atom. The molecule has 1 aromatic carbocycles. The van der Waals surface area contributed by atoms with Crippen LogP contribution in [0.15, 0.2) is 18.2 Å². The number of hydrogen-bond acceptors (Lipinski definition) is 4. The predicted octanol–water partition coefficient (Wildman–Crippen LogP) is 1.83. The second kappa shape index (κ2) is 7.11. The summed E-state index contributed by atoms with van der Waals surface area (Å²) in [5.41, 5.74) is 0.950. The number of hydrogen-bond donors (Lipinski definition) is 2. The Hall–Kier alpha value is -2.24. The van der Waals surface area contributed by atoms with Gasteiger partial charge in [0.1, 0.15) is 0 Å². The molecule has 0 saturated heterocycles. The molecule has 0 bridgehead atoms. The quantitative estimate of drug-likeness (QED) is 0.799. The van der Waals surface area contributed by atoms with Crippen LogP contribution in [0.25, 0.3) is 0 Å². The molecule has 0 spiro atoms. The highest BCUT2D eigenvalue weighted by Gasteiger charge is 2.47. The maximum absolute atomic E-state index is 12.2. The molecule has 1 aliphatic carbocycles. The second-order valence-electron chi connectivity index (χ2n) is 6.83. The fourth-order valence-corrected chi connectivity index (χ4v) is 2.76. The number of fused-ring (bicyclic) bond motifs is 1. The third-order valence-electron chi connectivity index (χ3n) is 4.39. The number of rotatable bonds is 7. The average Bonchev–Trinajstić information content (AvgIpc) is 3.22. The lowest BCUT2D eigenvalue weighted by molar-refractivity contribution is -0.127. The molecule has 24 heavy (non-hydrogen) atoms. The Morgan fingerprint density at radius 3 is 2.58 bits per heavy atom. The van der Waals surface area contributed by atoms with Gasteiger partial charge in [0.2, 0.25) is 18.6 Å². The van der Waals surface area contributed by atoms with Crippen molar-refractivity contribution in [2.24, 2.45) is 17.8 Å². The Kier molecular flexibility index (Phi) is 4.92. The lowest BCUT2D eigenvalue weighted by Crippen LogP contribution is -2.30. The maximum atomic E-state index is 12.2. The van der Waals surface area contributed by atoms with Crippen molar-refractivity contribution in [2.75, 3.05) is 13.3 Å². The molecule has 1 saturated carbocycles. The Balaban J connectivity index is 1.41. The van der Waals surface area contributed by atoms with Crippen LogP contribution in [0.1, 0.15) is 32.3 Å². The maximum Gasteiger partial charge on any atom is 0.231 e. The molecule has 6 heteroatoms. The summed E-state index contributed by atoms with van der Waals surface area (Å²) in [4.78, 5) is 24.1. The van der Waals surface area contributed by atoms with Gasteiger partial charge in [0, 0.05) is 13.1 Å². The summed E-state index contributed by atoms with van der Waals surface area (Å²) in [6, 6.07) is 5.61. The van der Waals surface area contributed by atoms with Crippen LogP contribution in [0.2, 0.25) is 0 Å². The first-order valence-corrected chi connectivity index (χ1v) is 8.48. The molecule has 1 heterocycles. The minimum absolute atomic E-state index is 0.00104. The zero-order valence-corrected chi connectivity index (χ0v) is 14.1. The molecule has 2 unspecified atom stereocenters. The molecular weight excluding hydrogens is 308 g/mol. The summed E-state index contributed by atoms with van der Waals surface area (Å²) in [6.07, 6.45) is 1.60. The van der Waals surface area contributed by atoms with Gasteiger partial charge < -0.3 is 20.1 Å². The van der Waals surface area contributed by atoms with Gasteiger partial charge in [-0.3, -0.25) is 9.59 Å². The molecular formula is C18H24N2O4. The van der Waals surface area contributed by atoms with E-state index in [1.54, 1.807) is 0 Å². The van der Waals surface area contributed by atoms with E-state index < -0.39 is 0 Å². The first-order valence-electron chi connectivity index (χ1n) is 8.48. The van der Waals surface area contributed by atoms with Crippen molar-refractivity contribution in [3.05, 3.63) is 23.8 Å². The van der Waals surface area contributed by atoms with Crippen molar-refractivity contribution in [2.45, 2.75) is 33.2 Å². The molecule has 1 fully saturated rings. The van der Waals surface area contributed by atoms with Crippen LogP contribution in [-0.4, -0.2) is 25.2 Å². The lowest BCUT2D eigenvalue weighted by Gasteiger charge is -2.08. The third-order valence-corrected chi connectivity index (χ3v) is 4.39. The number of amides is 2. The highest BCUT2D eigenvalue weighted by molar-refractivity contribution is 5.92. The van der Waals surface area contributed by atoms with Gasteiger partial charge in [0.25, 0.3) is 0 Å². The van der Waals surface area contributed by atoms with E-state index in [-0.39, 0.29) is 30.4 Å². The topological polar surface area (TPSA) is 76.7 Å². The van der Waals surface area contributed by atoms with Crippen LogP contribution in [0.5, 0.6) is 11.5 Å². The van der Waals surface area contributed by atoms with Crippen molar-refractivity contribution >= 4 is 11.8 Å². The van der Waals surface area contributed by atoms with Crippen molar-refractivity contribution in [1.29, 1.82) is 0 Å². The van der Waals surface area contributed by atoms with Crippen LogP contribution >= 0.6 is 0 Å². The molecule has 3 rings (SSSR count). The molecule has 2 amide bonds. The highest BCUT2D eigenvalue weighted by atomic mass is 16.7. The summed E-state index contributed by atoms with van der Waals surface area (Å²) in [5, 5.41) is 5.81. The monoisotopic (exact) mass is 332 g/mol. The summed E-state index contributed by atoms with van der Waals surface area (Å²) in [5.74, 6) is 1.56. The van der Waals surface area contributed by atoms with Crippen molar-refractivity contribution < 1.29 is 19.1 Å². The highest BCUT2D eigenvalue weighted by Crippen LogP contribution is 2.39. The molecule has 6 nitrogen and oxygen atoms in total. The molecule has 130 valence electrons. The first-order chi connectivity index (χ1) is 11.5. The molecule has 0 aromatic heterocycles. The zero-order valence-electron chi connectivity index (χ0n) is 14.1. The van der Waals surface area contributed by atoms with E-state index in [0.29, 0.717) is 31.2 Å². The lowest BCUT2D eigenvalue weighted by atomic mass is 10.1. The van der Waals surface area contributed by atoms with Crippen LogP contribution in [0, 0.1) is 17.8 Å². The van der Waals surface area contributed by atoms with E-state index in [9.17, 15) is 9.59 Å². The van der Waals surface area contributed by atoms with Gasteiger partial charge in [-0.15, -0.1) is 0 Å². The summed E-state index contributed by atoms with van der Waals surface area (Å²) in [6.45, 7) is 5.58. The Labute approximate surface area is 141 Å². The number of carbonyl (C=O) groups is 2. The zero-order chi connectivity index (χ0) is 17.1. The molecule has 2 atom stereocenters. The summed E-state index contributed by atoms with van der Waals surface area (Å²) >= 11 is 0. The van der Waals surface area contributed by atoms with Gasteiger partial charge in [-0.1, -0.05) is 19.9 Å². The minimum atomic E-state index is -0.196. The van der Waals surface area contributed by atoms with Gasteiger partial charge in [0.15, 0.2) is 11.5 Å². The minimum Gasteiger partial charge on any atom is -0.454 e. The van der Waals surface area contributed by atoms with Gasteiger partial charge >= 0.3 is 0 Å². The number of benzene rings is 1. The Morgan fingerprint density at radius 2 is 1.83 bits per heavy atom. The summed E-state index contributed by atoms with van der Waals surface area (Å²) < 4.78 is 10.6. The first kappa shape index (κ1) is 16.6. The third kappa shape index (κ3) is 3.99. The van der Waals surface area contributed by atoms with Crippen LogP contribution < -0.4 is 20.1 Å². The SMILES string of the molecule is CC(C)CCNC(=O)C1CC1C(=O)NCc1ccc2c(c1)OCO2. The molecule has 2 aliphatic rings. The predicted molar refractivity (Wildman–Crippen MR) is 88.5 cm³/mol. The largest absolute Gasteiger partial charge is 0.454 e. The molecule has 0 radical (unpaired) electrons. The number of carbonyl (C=O) groups excluding carboxylic acids is 2. The van der Waals surface area contributed by atoms with Crippen molar-refractivity contribution in [3.63, 3.8) is 0 Å². The molecule has 1 aliphatic heterocycles. The normalized spacial score (nSPS) is 20.8. The van der Waals surface area contributed by atoms with Crippen LogP contribution in [0.4, 0.5) is 0 Å². The molecule has 1 aromatic rings. The van der Waals surface area contributed by atoms with E-state index in [2.05, 4.69) is 24.5 Å². The standard InChI is InChI=1S/C18H24N2O4/c1-11(2)5-6-19-17(21)13-8-14(13)18(22)20-9-12-3-4-15-16(7-12)24-10-23-15/h3-4,7,11,13-14H,5-6,8-10H2,1-2H3,(H,19,21)(H,20,22). The van der Waals surface area contributed by atoms with Crippen LogP contribution in [-0.2, 0) is 16.1 Å². The van der Waals surface area contributed by atoms with Crippen molar-refractivity contribution in [3.8, 4) is 11.5 Å². The fraction of sp³-hybridized carbons (Fsp3) is 0.556. The second-order valence-corrected chi connectivity index (χ2v) is 6.83. The van der Waals surface area contributed by atoms with Gasteiger partial charge in [-0.25, -0.2) is 0 Å². The number of nitrogens with one attached hydrogen (secondary N) is 2. The van der Waals surface area contributed by atoms with E-state index in [1.807, 2.05) is 18.2 Å². The summed E-state index contributed by atoms with van der Waals surface area (Å²) in [7, 11) is 0. The van der Waals surface area contributed by atoms with Gasteiger partial charge in [-0.05, 0) is 36.5 Å². The smallest absolute Gasteiger partial charge is 0.231 e. The number of ether oxygens (including phenoxy) is 2. The van der Waals surface area contributed by atoms with Crippen LogP contribution in [0.3, 0.4) is 0 Å². The van der Waals surface area contributed by atoms with Gasteiger partial charge in [0.05, 0.1) is 11.8 Å². The fourth-order valence-electron chi connectivity index (χ4n) is 2.76. The van der Waals surface area contributed by atoms with Gasteiger partial charge in [-0.2, -0.15) is 0 Å². The average molecular weight is 332 g/mol. The Bertz CT molecular complexity index is 629.